The van der Waals surface area contributed by atoms with Crippen LogP contribution in [-0.2, 0) is 0 Å². The average Bonchev–Trinajstić information content (AvgIpc) is 2.60. The van der Waals surface area contributed by atoms with Gasteiger partial charge in [-0.2, -0.15) is 0 Å². The summed E-state index contributed by atoms with van der Waals surface area (Å²) in [5.41, 5.74) is 5.83. The van der Waals surface area contributed by atoms with Crippen molar-refractivity contribution in [2.24, 2.45) is 5.73 Å². The van der Waals surface area contributed by atoms with Crippen molar-refractivity contribution >= 4 is 0 Å². The number of benzene rings is 1. The lowest BCUT2D eigenvalue weighted by Gasteiger charge is -2.08. The third-order valence-corrected chi connectivity index (χ3v) is 2.34. The molecule has 0 amide bonds. The largest absolute Gasteiger partial charge is 0.386 e. The topological polar surface area (TPSA) is 38.0 Å². The minimum Gasteiger partial charge on any atom is -0.386 e. The second-order valence-corrected chi connectivity index (χ2v) is 3.41. The van der Waals surface area contributed by atoms with Gasteiger partial charge >= 0.3 is 0 Å². The van der Waals surface area contributed by atoms with Crippen molar-refractivity contribution in [1.29, 1.82) is 0 Å². The summed E-state index contributed by atoms with van der Waals surface area (Å²) in [5, 5.41) is 2.82. The fraction of sp³-hybridized carbons (Fsp3) is 0.200. The summed E-state index contributed by atoms with van der Waals surface area (Å²) in [5.74, 6) is -3.55. The highest BCUT2D eigenvalue weighted by Crippen LogP contribution is 2.24. The van der Waals surface area contributed by atoms with Crippen molar-refractivity contribution in [2.75, 3.05) is 6.54 Å². The van der Waals surface area contributed by atoms with Gasteiger partial charge in [0.25, 0.3) is 0 Å². The Morgan fingerprint density at radius 2 is 1.80 bits per heavy atom. The Morgan fingerprint density at radius 3 is 2.27 bits per heavy atom. The van der Waals surface area contributed by atoms with Gasteiger partial charge in [0.2, 0.25) is 0 Å². The normalized spacial score (nSPS) is 19.9. The molecular formula is C10H9F3N2. The zero-order valence-electron chi connectivity index (χ0n) is 7.73. The van der Waals surface area contributed by atoms with Gasteiger partial charge in [0.05, 0.1) is 5.82 Å². The van der Waals surface area contributed by atoms with Crippen molar-refractivity contribution in [3.63, 3.8) is 0 Å². The molecule has 0 unspecified atom stereocenters. The lowest BCUT2D eigenvalue weighted by Crippen LogP contribution is -2.16. The molecule has 0 fully saturated rings. The molecule has 0 saturated heterocycles. The smallest absolute Gasteiger partial charge is 0.194 e. The number of hydrogen-bond donors (Lipinski definition) is 2. The highest BCUT2D eigenvalue weighted by molar-refractivity contribution is 5.30. The van der Waals surface area contributed by atoms with E-state index in [1.165, 1.54) is 0 Å². The van der Waals surface area contributed by atoms with Crippen LogP contribution >= 0.6 is 0 Å². The van der Waals surface area contributed by atoms with Gasteiger partial charge in [-0.15, -0.1) is 0 Å². The Morgan fingerprint density at radius 1 is 1.20 bits per heavy atom. The first kappa shape index (κ1) is 9.89. The van der Waals surface area contributed by atoms with Crippen molar-refractivity contribution in [1.82, 2.24) is 5.32 Å². The van der Waals surface area contributed by atoms with Crippen molar-refractivity contribution < 1.29 is 13.2 Å². The van der Waals surface area contributed by atoms with Crippen LogP contribution in [-0.4, -0.2) is 6.54 Å². The monoisotopic (exact) mass is 214 g/mol. The predicted octanol–water partition coefficient (Wildman–Crippen LogP) is 1.59. The lowest BCUT2D eigenvalue weighted by atomic mass is 10.0. The summed E-state index contributed by atoms with van der Waals surface area (Å²) in [6, 6.07) is 1.97. The number of nitrogens with one attached hydrogen (secondary N) is 1. The third kappa shape index (κ3) is 1.77. The molecule has 80 valence electrons. The Balaban J connectivity index is 2.38. The molecule has 1 aliphatic rings. The van der Waals surface area contributed by atoms with E-state index in [4.69, 9.17) is 5.73 Å². The van der Waals surface area contributed by atoms with Crippen LogP contribution in [0.4, 0.5) is 13.2 Å². The number of halogens is 3. The van der Waals surface area contributed by atoms with Gasteiger partial charge in [-0.05, 0) is 23.8 Å². The van der Waals surface area contributed by atoms with Gasteiger partial charge in [0.15, 0.2) is 17.5 Å². The molecule has 0 bridgehead atoms. The number of hydrogen-bond acceptors (Lipinski definition) is 2. The number of rotatable bonds is 1. The van der Waals surface area contributed by atoms with Crippen LogP contribution in [0.2, 0.25) is 0 Å². The van der Waals surface area contributed by atoms with Gasteiger partial charge < -0.3 is 11.1 Å². The van der Waals surface area contributed by atoms with E-state index in [1.54, 1.807) is 6.08 Å². The molecule has 0 spiro atoms. The van der Waals surface area contributed by atoms with Crippen LogP contribution < -0.4 is 11.1 Å². The van der Waals surface area contributed by atoms with E-state index in [0.29, 0.717) is 17.9 Å². The van der Waals surface area contributed by atoms with E-state index in [2.05, 4.69) is 5.32 Å². The van der Waals surface area contributed by atoms with Gasteiger partial charge in [0.1, 0.15) is 0 Å². The molecule has 1 heterocycles. The summed E-state index contributed by atoms with van der Waals surface area (Å²) in [7, 11) is 0. The first-order valence-corrected chi connectivity index (χ1v) is 4.43. The number of nitrogens with two attached hydrogens (primary N) is 1. The highest BCUT2D eigenvalue weighted by atomic mass is 19.2. The molecular weight excluding hydrogens is 205 g/mol. The zero-order valence-corrected chi connectivity index (χ0v) is 7.73. The second kappa shape index (κ2) is 3.49. The molecule has 2 rings (SSSR count). The van der Waals surface area contributed by atoms with Crippen LogP contribution in [0.15, 0.2) is 24.0 Å². The van der Waals surface area contributed by atoms with Crippen LogP contribution in [0, 0.1) is 17.5 Å². The summed E-state index contributed by atoms with van der Waals surface area (Å²) >= 11 is 0. The van der Waals surface area contributed by atoms with E-state index >= 15 is 0 Å². The standard InChI is InChI=1S/C10H9F3N2/c11-7-1-5(2-8(12)10(7)13)6-3-9(14)15-4-6/h1-3,6,15H,4,14H2/t6-/m1/s1. The summed E-state index contributed by atoms with van der Waals surface area (Å²) < 4.78 is 38.5. The molecule has 0 radical (unpaired) electrons. The van der Waals surface area contributed by atoms with Crippen LogP contribution in [0.5, 0.6) is 0 Å². The summed E-state index contributed by atoms with van der Waals surface area (Å²) in [6.07, 6.45) is 1.64. The van der Waals surface area contributed by atoms with Crippen LogP contribution in [0.3, 0.4) is 0 Å². The molecule has 0 saturated carbocycles. The van der Waals surface area contributed by atoms with Gasteiger partial charge in [0, 0.05) is 12.5 Å². The van der Waals surface area contributed by atoms with Crippen molar-refractivity contribution in [2.45, 2.75) is 5.92 Å². The summed E-state index contributed by atoms with van der Waals surface area (Å²) in [6.45, 7) is 0.469. The maximum atomic E-state index is 12.9. The molecule has 1 aromatic carbocycles. The SMILES string of the molecule is NC1=C[C@@H](c2cc(F)c(F)c(F)c2)CN1. The minimum absolute atomic E-state index is 0.213. The van der Waals surface area contributed by atoms with E-state index in [1.807, 2.05) is 0 Å². The molecule has 15 heavy (non-hydrogen) atoms. The lowest BCUT2D eigenvalue weighted by molar-refractivity contribution is 0.444. The molecule has 2 nitrogen and oxygen atoms in total. The van der Waals surface area contributed by atoms with Gasteiger partial charge in [-0.1, -0.05) is 0 Å². The Kier molecular flexibility index (Phi) is 2.30. The second-order valence-electron chi connectivity index (χ2n) is 3.41. The Bertz CT molecular complexity index is 406. The first-order valence-electron chi connectivity index (χ1n) is 4.43. The minimum atomic E-state index is -1.44. The van der Waals surface area contributed by atoms with E-state index in [-0.39, 0.29) is 5.92 Å². The molecule has 3 N–H and O–H groups in total. The highest BCUT2D eigenvalue weighted by Gasteiger charge is 2.19. The van der Waals surface area contributed by atoms with Crippen LogP contribution in [0.1, 0.15) is 11.5 Å². The van der Waals surface area contributed by atoms with Gasteiger partial charge in [-0.3, -0.25) is 0 Å². The third-order valence-electron chi connectivity index (χ3n) is 2.34. The first-order chi connectivity index (χ1) is 7.08. The molecule has 0 aromatic heterocycles. The van der Waals surface area contributed by atoms with E-state index < -0.39 is 17.5 Å². The van der Waals surface area contributed by atoms with Crippen LogP contribution in [0.25, 0.3) is 0 Å². The molecule has 0 aliphatic carbocycles. The van der Waals surface area contributed by atoms with E-state index in [0.717, 1.165) is 12.1 Å². The fourth-order valence-electron chi connectivity index (χ4n) is 1.57. The fourth-order valence-corrected chi connectivity index (χ4v) is 1.57. The summed E-state index contributed by atoms with van der Waals surface area (Å²) in [4.78, 5) is 0. The Hall–Kier alpha value is -1.65. The van der Waals surface area contributed by atoms with Crippen molar-refractivity contribution in [3.8, 4) is 0 Å². The molecule has 1 atom stereocenters. The van der Waals surface area contributed by atoms with E-state index in [9.17, 15) is 13.2 Å². The van der Waals surface area contributed by atoms with Gasteiger partial charge in [-0.25, -0.2) is 13.2 Å². The maximum absolute atomic E-state index is 12.9. The maximum Gasteiger partial charge on any atom is 0.194 e. The van der Waals surface area contributed by atoms with Crippen molar-refractivity contribution in [3.05, 3.63) is 47.0 Å². The average molecular weight is 214 g/mol. The predicted molar refractivity (Wildman–Crippen MR) is 49.3 cm³/mol. The molecule has 5 heteroatoms. The molecule has 1 aliphatic heterocycles. The Labute approximate surface area is 84.6 Å². The zero-order chi connectivity index (χ0) is 11.0. The molecule has 1 aromatic rings. The quantitative estimate of drug-likeness (QED) is 0.697.